The van der Waals surface area contributed by atoms with Crippen LogP contribution in [0.4, 0.5) is 10.5 Å². The van der Waals surface area contributed by atoms with Crippen LogP contribution in [-0.4, -0.2) is 42.3 Å². The van der Waals surface area contributed by atoms with Gasteiger partial charge in [-0.2, -0.15) is 0 Å². The fourth-order valence-corrected chi connectivity index (χ4v) is 2.44. The predicted molar refractivity (Wildman–Crippen MR) is 69.3 cm³/mol. The number of urea groups is 1. The third-order valence-electron chi connectivity index (χ3n) is 2.97. The van der Waals surface area contributed by atoms with Gasteiger partial charge in [-0.15, -0.1) is 0 Å². The Morgan fingerprint density at radius 2 is 1.64 bits per heavy atom. The molecule has 1 fully saturated rings. The van der Waals surface area contributed by atoms with Crippen LogP contribution in [0.25, 0.3) is 0 Å². The molecule has 10 heteroatoms. The quantitative estimate of drug-likeness (QED) is 0.337. The van der Waals surface area contributed by atoms with Crippen LogP contribution in [0.5, 0.6) is 0 Å². The van der Waals surface area contributed by atoms with Crippen molar-refractivity contribution in [1.82, 2.24) is 4.90 Å². The molecule has 0 radical (unpaired) electrons. The van der Waals surface area contributed by atoms with E-state index in [0.29, 0.717) is 0 Å². The first-order chi connectivity index (χ1) is 9.75. The molecule has 1 aromatic carbocycles. The van der Waals surface area contributed by atoms with E-state index < -0.39 is 39.3 Å². The third kappa shape index (κ3) is 3.55. The fourth-order valence-electron chi connectivity index (χ4n) is 1.97. The van der Waals surface area contributed by atoms with Gasteiger partial charge in [-0.25, -0.2) is 18.1 Å². The molecule has 0 spiro atoms. The van der Waals surface area contributed by atoms with Gasteiger partial charge in [0.15, 0.2) is 0 Å². The van der Waals surface area contributed by atoms with Crippen molar-refractivity contribution in [3.05, 3.63) is 24.3 Å². The van der Waals surface area contributed by atoms with Crippen molar-refractivity contribution in [3.8, 4) is 0 Å². The number of hydrogen-bond donors (Lipinski definition) is 0. The van der Waals surface area contributed by atoms with E-state index in [4.69, 9.17) is 0 Å². The minimum Gasteiger partial charge on any atom is -0.744 e. The monoisotopic (exact) mass is 334 g/mol. The molecule has 0 N–H and O–H groups in total. The number of hydrogen-bond acceptors (Lipinski definition) is 6. The Kier molecular flexibility index (Phi) is 5.88. The molecular weight excluding hydrogens is 323 g/mol. The molecule has 0 unspecified atom stereocenters. The minimum absolute atomic E-state index is 0. The molecule has 112 valence electrons. The van der Waals surface area contributed by atoms with E-state index in [-0.39, 0.29) is 41.8 Å². The molecule has 1 aromatic rings. The average molecular weight is 334 g/mol. The average Bonchev–Trinajstić information content (AvgIpc) is 2.38. The Labute approximate surface area is 149 Å². The smallest absolute Gasteiger partial charge is 0.744 e. The molecule has 0 atom stereocenters. The zero-order chi connectivity index (χ0) is 15.8. The van der Waals surface area contributed by atoms with Gasteiger partial charge in [-0.05, 0) is 31.2 Å². The van der Waals surface area contributed by atoms with Crippen molar-refractivity contribution in [2.24, 2.45) is 0 Å². The summed E-state index contributed by atoms with van der Waals surface area (Å²) in [6, 6.07) is 3.56. The van der Waals surface area contributed by atoms with E-state index in [1.165, 1.54) is 12.1 Å². The number of nitrogens with zero attached hydrogens (tertiary/aromatic N) is 2. The maximum Gasteiger partial charge on any atom is 1.00 e. The van der Waals surface area contributed by atoms with Gasteiger partial charge in [0.25, 0.3) is 0 Å². The Hall–Kier alpha value is -1.26. The molecule has 1 aliphatic heterocycles. The maximum atomic E-state index is 12.1. The molecule has 0 aliphatic carbocycles. The SMILES string of the molecule is CCN1C(=O)CC(=O)N(c2ccc(S(=O)(=O)[O-])cc2)C1=O.[Na+]. The van der Waals surface area contributed by atoms with E-state index >= 15 is 0 Å². The first kappa shape index (κ1) is 18.8. The van der Waals surface area contributed by atoms with Crippen molar-refractivity contribution in [1.29, 1.82) is 0 Å². The summed E-state index contributed by atoms with van der Waals surface area (Å²) in [6.07, 6.45) is -0.443. The van der Waals surface area contributed by atoms with E-state index in [9.17, 15) is 27.4 Å². The second-order valence-electron chi connectivity index (χ2n) is 4.27. The van der Waals surface area contributed by atoms with Crippen LogP contribution in [0.2, 0.25) is 0 Å². The van der Waals surface area contributed by atoms with Gasteiger partial charge in [-0.1, -0.05) is 0 Å². The third-order valence-corrected chi connectivity index (χ3v) is 3.82. The van der Waals surface area contributed by atoms with E-state index in [1.807, 2.05) is 0 Å². The number of carbonyl (C=O) groups is 3. The molecule has 2 rings (SSSR count). The molecule has 0 saturated carbocycles. The Morgan fingerprint density at radius 1 is 1.09 bits per heavy atom. The second kappa shape index (κ2) is 6.88. The zero-order valence-electron chi connectivity index (χ0n) is 12.0. The first-order valence-corrected chi connectivity index (χ1v) is 7.39. The van der Waals surface area contributed by atoms with Crippen LogP contribution in [0, 0.1) is 0 Å². The van der Waals surface area contributed by atoms with E-state index in [1.54, 1.807) is 6.92 Å². The Balaban J connectivity index is 0.00000242. The van der Waals surface area contributed by atoms with E-state index in [2.05, 4.69) is 0 Å². The van der Waals surface area contributed by atoms with Crippen LogP contribution < -0.4 is 34.5 Å². The summed E-state index contributed by atoms with van der Waals surface area (Å²) in [5, 5.41) is 0. The zero-order valence-corrected chi connectivity index (χ0v) is 14.8. The number of rotatable bonds is 3. The summed E-state index contributed by atoms with van der Waals surface area (Å²) >= 11 is 0. The first-order valence-electron chi connectivity index (χ1n) is 5.99. The summed E-state index contributed by atoms with van der Waals surface area (Å²) in [6.45, 7) is 1.71. The molecule has 1 aliphatic rings. The number of anilines is 1. The number of barbiturate groups is 1. The molecule has 0 aromatic heterocycles. The largest absolute Gasteiger partial charge is 1.00 e. The van der Waals surface area contributed by atoms with Crippen molar-refractivity contribution in [3.63, 3.8) is 0 Å². The number of carbonyl (C=O) groups excluding carboxylic acids is 3. The molecular formula is C12H11N2NaO6S. The molecule has 4 amide bonds. The second-order valence-corrected chi connectivity index (χ2v) is 5.65. The van der Waals surface area contributed by atoms with Crippen molar-refractivity contribution >= 4 is 33.7 Å². The van der Waals surface area contributed by atoms with Gasteiger partial charge in [0, 0.05) is 6.54 Å². The van der Waals surface area contributed by atoms with Crippen molar-refractivity contribution in [2.75, 3.05) is 11.4 Å². The normalized spacial score (nSPS) is 15.8. The maximum absolute atomic E-state index is 12.1. The molecule has 1 heterocycles. The summed E-state index contributed by atoms with van der Waals surface area (Å²) in [4.78, 5) is 36.7. The Morgan fingerprint density at radius 3 is 2.09 bits per heavy atom. The Bertz CT molecular complexity index is 716. The topological polar surface area (TPSA) is 115 Å². The molecule has 1 saturated heterocycles. The minimum atomic E-state index is -4.60. The van der Waals surface area contributed by atoms with Gasteiger partial charge >= 0.3 is 35.6 Å². The summed E-state index contributed by atoms with van der Waals surface area (Å²) in [5.41, 5.74) is 0.100. The molecule has 0 bridgehead atoms. The van der Waals surface area contributed by atoms with Crippen LogP contribution in [0.1, 0.15) is 13.3 Å². The van der Waals surface area contributed by atoms with Crippen LogP contribution in [0.3, 0.4) is 0 Å². The summed E-state index contributed by atoms with van der Waals surface area (Å²) < 4.78 is 32.5. The molecule has 8 nitrogen and oxygen atoms in total. The predicted octanol–water partition coefficient (Wildman–Crippen LogP) is -2.70. The van der Waals surface area contributed by atoms with Crippen LogP contribution in [0.15, 0.2) is 29.2 Å². The fraction of sp³-hybridized carbons (Fsp3) is 0.250. The number of amides is 4. The van der Waals surface area contributed by atoms with Gasteiger partial charge in [0.05, 0.1) is 10.6 Å². The number of imide groups is 2. The van der Waals surface area contributed by atoms with Crippen LogP contribution >= 0.6 is 0 Å². The van der Waals surface area contributed by atoms with E-state index in [0.717, 1.165) is 21.9 Å². The van der Waals surface area contributed by atoms with Crippen LogP contribution in [-0.2, 0) is 19.7 Å². The van der Waals surface area contributed by atoms with Gasteiger partial charge in [-0.3, -0.25) is 14.5 Å². The van der Waals surface area contributed by atoms with Gasteiger partial charge < -0.3 is 4.55 Å². The number of benzene rings is 1. The van der Waals surface area contributed by atoms with Crippen molar-refractivity contribution < 1.29 is 56.9 Å². The summed E-state index contributed by atoms with van der Waals surface area (Å²) in [5.74, 6) is -1.28. The van der Waals surface area contributed by atoms with Gasteiger partial charge in [0.2, 0.25) is 11.8 Å². The standard InChI is InChI=1S/C12H12N2O6S.Na/c1-2-13-10(15)7-11(16)14(12(13)17)8-3-5-9(6-4-8)21(18,19)20;/h3-6H,2,7H2,1H3,(H,18,19,20);/q;+1/p-1. The summed E-state index contributed by atoms with van der Waals surface area (Å²) in [7, 11) is -4.60. The van der Waals surface area contributed by atoms with Crippen molar-refractivity contribution in [2.45, 2.75) is 18.2 Å². The molecule has 22 heavy (non-hydrogen) atoms. The van der Waals surface area contributed by atoms with Gasteiger partial charge in [0.1, 0.15) is 16.5 Å².